The maximum atomic E-state index is 12.1. The van der Waals surface area contributed by atoms with Crippen LogP contribution in [0.3, 0.4) is 0 Å². The van der Waals surface area contributed by atoms with Gasteiger partial charge in [-0.25, -0.2) is 0 Å². The van der Waals surface area contributed by atoms with Gasteiger partial charge in [-0.05, 0) is 18.9 Å². The summed E-state index contributed by atoms with van der Waals surface area (Å²) in [6.07, 6.45) is 7.09. The summed E-state index contributed by atoms with van der Waals surface area (Å²) in [4.78, 5) is 16.5. The van der Waals surface area contributed by atoms with Crippen LogP contribution in [0.4, 0.5) is 0 Å². The van der Waals surface area contributed by atoms with E-state index in [9.17, 15) is 4.79 Å². The van der Waals surface area contributed by atoms with E-state index in [0.29, 0.717) is 31.2 Å². The van der Waals surface area contributed by atoms with Crippen LogP contribution in [0.25, 0.3) is 0 Å². The predicted octanol–water partition coefficient (Wildman–Crippen LogP) is 1.67. The molecule has 0 saturated heterocycles. The zero-order chi connectivity index (χ0) is 17.8. The zero-order valence-electron chi connectivity index (χ0n) is 15.0. The van der Waals surface area contributed by atoms with E-state index >= 15 is 0 Å². The third-order valence-corrected chi connectivity index (χ3v) is 5.22. The monoisotopic (exact) mass is 358 g/mol. The number of carbonyl (C=O) groups excluding carboxylic acids is 1. The van der Waals surface area contributed by atoms with Crippen LogP contribution in [0.1, 0.15) is 67.5 Å². The van der Waals surface area contributed by atoms with Gasteiger partial charge in [0.05, 0.1) is 24.5 Å². The number of carbonyl (C=O) groups is 1. The summed E-state index contributed by atoms with van der Waals surface area (Å²) in [6.45, 7) is 2.98. The Morgan fingerprint density at radius 2 is 2.23 bits per heavy atom. The highest BCUT2D eigenvalue weighted by atomic mass is 16.5. The summed E-state index contributed by atoms with van der Waals surface area (Å²) in [7, 11) is 0. The maximum absolute atomic E-state index is 12.1. The van der Waals surface area contributed by atoms with E-state index in [2.05, 4.69) is 31.9 Å². The number of fused-ring (bicyclic) bond motifs is 1. The standard InChI is InChI=1S/C18H26N6O2/c25-16(7-6-14-10-15-11-19-8-9-24(15)22-14)20-12-17-21-18(23-26-17)13-4-2-1-3-5-13/h10,13,19H,1-9,11-12H2,(H,20,25). The molecule has 0 atom stereocenters. The summed E-state index contributed by atoms with van der Waals surface area (Å²) in [5.41, 5.74) is 2.16. The highest BCUT2D eigenvalue weighted by Crippen LogP contribution is 2.30. The number of hydrogen-bond acceptors (Lipinski definition) is 6. The van der Waals surface area contributed by atoms with Crippen molar-refractivity contribution in [3.63, 3.8) is 0 Å². The maximum Gasteiger partial charge on any atom is 0.246 e. The first-order valence-corrected chi connectivity index (χ1v) is 9.63. The molecule has 2 aromatic heterocycles. The van der Waals surface area contributed by atoms with Crippen molar-refractivity contribution in [1.82, 2.24) is 30.6 Å². The summed E-state index contributed by atoms with van der Waals surface area (Å²) in [6, 6.07) is 2.08. The van der Waals surface area contributed by atoms with Gasteiger partial charge in [-0.2, -0.15) is 10.1 Å². The first-order valence-electron chi connectivity index (χ1n) is 9.63. The van der Waals surface area contributed by atoms with Crippen LogP contribution < -0.4 is 10.6 Å². The highest BCUT2D eigenvalue weighted by molar-refractivity contribution is 5.75. The van der Waals surface area contributed by atoms with Gasteiger partial charge >= 0.3 is 0 Å². The van der Waals surface area contributed by atoms with Crippen LogP contribution in [0, 0.1) is 0 Å². The van der Waals surface area contributed by atoms with Crippen LogP contribution in [0.2, 0.25) is 0 Å². The summed E-state index contributed by atoms with van der Waals surface area (Å²) in [5.74, 6) is 1.68. The van der Waals surface area contributed by atoms with Crippen molar-refractivity contribution < 1.29 is 9.32 Å². The molecule has 0 spiro atoms. The van der Waals surface area contributed by atoms with Gasteiger partial charge in [-0.15, -0.1) is 0 Å². The Morgan fingerprint density at radius 3 is 3.08 bits per heavy atom. The Balaban J connectivity index is 1.22. The average molecular weight is 358 g/mol. The smallest absolute Gasteiger partial charge is 0.246 e. The number of aromatic nitrogens is 4. The fourth-order valence-corrected chi connectivity index (χ4v) is 3.75. The van der Waals surface area contributed by atoms with Gasteiger partial charge in [0.1, 0.15) is 0 Å². The fraction of sp³-hybridized carbons (Fsp3) is 0.667. The number of amides is 1. The van der Waals surface area contributed by atoms with E-state index in [1.54, 1.807) is 0 Å². The summed E-state index contributed by atoms with van der Waals surface area (Å²) in [5, 5.41) is 14.8. The quantitative estimate of drug-likeness (QED) is 0.815. The molecule has 2 N–H and O–H groups in total. The lowest BCUT2D eigenvalue weighted by Crippen LogP contribution is -2.28. The summed E-state index contributed by atoms with van der Waals surface area (Å²) < 4.78 is 7.31. The minimum absolute atomic E-state index is 0.0217. The Morgan fingerprint density at radius 1 is 1.35 bits per heavy atom. The van der Waals surface area contributed by atoms with Crippen LogP contribution in [-0.4, -0.2) is 32.4 Å². The first-order chi connectivity index (χ1) is 12.8. The number of rotatable bonds is 6. The Labute approximate surface area is 152 Å². The van der Waals surface area contributed by atoms with Gasteiger partial charge < -0.3 is 15.2 Å². The molecule has 2 aliphatic rings. The lowest BCUT2D eigenvalue weighted by Gasteiger charge is -2.17. The molecule has 1 fully saturated rings. The summed E-state index contributed by atoms with van der Waals surface area (Å²) >= 11 is 0. The van der Waals surface area contributed by atoms with Gasteiger partial charge in [-0.3, -0.25) is 9.48 Å². The third kappa shape index (κ3) is 4.12. The van der Waals surface area contributed by atoms with E-state index in [1.807, 2.05) is 4.68 Å². The second-order valence-corrected chi connectivity index (χ2v) is 7.18. The molecule has 26 heavy (non-hydrogen) atoms. The number of aryl methyl sites for hydroxylation is 1. The van der Waals surface area contributed by atoms with Crippen molar-refractivity contribution in [2.24, 2.45) is 0 Å². The van der Waals surface area contributed by atoms with Crippen molar-refractivity contribution in [2.75, 3.05) is 6.54 Å². The van der Waals surface area contributed by atoms with E-state index in [1.165, 1.54) is 25.0 Å². The molecular weight excluding hydrogens is 332 g/mol. The molecule has 1 amide bonds. The molecule has 1 saturated carbocycles. The first kappa shape index (κ1) is 17.2. The zero-order valence-corrected chi connectivity index (χ0v) is 15.0. The number of nitrogens with zero attached hydrogens (tertiary/aromatic N) is 4. The van der Waals surface area contributed by atoms with Crippen molar-refractivity contribution in [1.29, 1.82) is 0 Å². The third-order valence-electron chi connectivity index (χ3n) is 5.22. The Bertz CT molecular complexity index is 723. The molecule has 0 aromatic carbocycles. The van der Waals surface area contributed by atoms with Gasteiger partial charge in [0, 0.05) is 31.8 Å². The Kier molecular flexibility index (Phi) is 5.29. The second-order valence-electron chi connectivity index (χ2n) is 7.18. The van der Waals surface area contributed by atoms with E-state index in [0.717, 1.165) is 44.0 Å². The molecule has 3 heterocycles. The molecule has 8 heteroatoms. The number of nitrogens with one attached hydrogen (secondary N) is 2. The second kappa shape index (κ2) is 7.99. The SMILES string of the molecule is O=C(CCc1cc2n(n1)CCNC2)NCc1nc(C2CCCCC2)no1. The minimum Gasteiger partial charge on any atom is -0.347 e. The van der Waals surface area contributed by atoms with E-state index in [4.69, 9.17) is 4.52 Å². The molecule has 1 aliphatic heterocycles. The molecule has 0 bridgehead atoms. The van der Waals surface area contributed by atoms with Crippen molar-refractivity contribution in [3.05, 3.63) is 29.2 Å². The van der Waals surface area contributed by atoms with Crippen molar-refractivity contribution in [3.8, 4) is 0 Å². The van der Waals surface area contributed by atoms with Crippen LogP contribution >= 0.6 is 0 Å². The molecule has 0 unspecified atom stereocenters. The fourth-order valence-electron chi connectivity index (χ4n) is 3.75. The topological polar surface area (TPSA) is 97.9 Å². The molecule has 1 aliphatic carbocycles. The van der Waals surface area contributed by atoms with Crippen LogP contribution in [0.15, 0.2) is 10.6 Å². The highest BCUT2D eigenvalue weighted by Gasteiger charge is 2.21. The minimum atomic E-state index is -0.0217. The molecular formula is C18H26N6O2. The Hall–Kier alpha value is -2.22. The van der Waals surface area contributed by atoms with E-state index < -0.39 is 0 Å². The molecule has 0 radical (unpaired) electrons. The number of hydrogen-bond donors (Lipinski definition) is 2. The van der Waals surface area contributed by atoms with Gasteiger partial charge in [0.25, 0.3) is 0 Å². The lowest BCUT2D eigenvalue weighted by molar-refractivity contribution is -0.121. The van der Waals surface area contributed by atoms with Gasteiger partial charge in [0.2, 0.25) is 11.8 Å². The molecule has 8 nitrogen and oxygen atoms in total. The van der Waals surface area contributed by atoms with Crippen LogP contribution in [0.5, 0.6) is 0 Å². The normalized spacial score (nSPS) is 17.8. The molecule has 2 aromatic rings. The average Bonchev–Trinajstić information content (AvgIpc) is 3.32. The lowest BCUT2D eigenvalue weighted by atomic mass is 9.89. The predicted molar refractivity (Wildman–Crippen MR) is 94.2 cm³/mol. The van der Waals surface area contributed by atoms with Crippen LogP contribution in [-0.2, 0) is 30.8 Å². The molecule has 140 valence electrons. The van der Waals surface area contributed by atoms with Crippen molar-refractivity contribution >= 4 is 5.91 Å². The van der Waals surface area contributed by atoms with Crippen molar-refractivity contribution in [2.45, 2.75) is 70.5 Å². The largest absolute Gasteiger partial charge is 0.347 e. The van der Waals surface area contributed by atoms with E-state index in [-0.39, 0.29) is 5.91 Å². The van der Waals surface area contributed by atoms with Gasteiger partial charge in [0.15, 0.2) is 5.82 Å². The van der Waals surface area contributed by atoms with Gasteiger partial charge in [-0.1, -0.05) is 24.4 Å². The molecule has 4 rings (SSSR count).